The highest BCUT2D eigenvalue weighted by Gasteiger charge is 2.32. The summed E-state index contributed by atoms with van der Waals surface area (Å²) in [6.07, 6.45) is 6.34. The van der Waals surface area contributed by atoms with Gasteiger partial charge in [-0.1, -0.05) is 12.1 Å². The van der Waals surface area contributed by atoms with Crippen molar-refractivity contribution in [2.75, 3.05) is 12.3 Å². The van der Waals surface area contributed by atoms with E-state index in [-0.39, 0.29) is 17.5 Å². The smallest absolute Gasteiger partial charge is 0.259 e. The van der Waals surface area contributed by atoms with E-state index in [4.69, 9.17) is 9.97 Å². The Kier molecular flexibility index (Phi) is 5.72. The Bertz CT molecular complexity index is 1370. The van der Waals surface area contributed by atoms with E-state index in [0.29, 0.717) is 17.3 Å². The predicted molar refractivity (Wildman–Crippen MR) is 136 cm³/mol. The van der Waals surface area contributed by atoms with Gasteiger partial charge in [-0.3, -0.25) is 9.59 Å². The van der Waals surface area contributed by atoms with Gasteiger partial charge in [-0.25, -0.2) is 9.97 Å². The molecule has 6 rings (SSSR count). The molecule has 1 aliphatic carbocycles. The van der Waals surface area contributed by atoms with Crippen LogP contribution in [0.15, 0.2) is 29.1 Å². The molecule has 1 atom stereocenters. The van der Waals surface area contributed by atoms with Crippen LogP contribution in [0.4, 0.5) is 0 Å². The van der Waals surface area contributed by atoms with E-state index in [1.165, 1.54) is 33.3 Å². The van der Waals surface area contributed by atoms with Crippen molar-refractivity contribution >= 4 is 60.8 Å². The van der Waals surface area contributed by atoms with Gasteiger partial charge in [0.1, 0.15) is 15.7 Å². The van der Waals surface area contributed by atoms with Crippen molar-refractivity contribution in [2.24, 2.45) is 0 Å². The number of benzene rings is 1. The van der Waals surface area contributed by atoms with Gasteiger partial charge < -0.3 is 9.88 Å². The van der Waals surface area contributed by atoms with Crippen LogP contribution in [0.25, 0.3) is 20.4 Å². The summed E-state index contributed by atoms with van der Waals surface area (Å²) < 4.78 is 1.17. The van der Waals surface area contributed by atoms with Crippen LogP contribution < -0.4 is 5.56 Å². The minimum Gasteiger partial charge on any atom is -0.333 e. The molecule has 0 spiro atoms. The number of thiophene rings is 1. The number of H-pyrrole nitrogens is 1. The standard InChI is InChI=1S/C24H24N4O2S3/c29-20(28-11-5-8-16(28)23-25-15-7-2-4-10-18(15)33-23)13-31-12-19-26-22(30)21-14-6-1-3-9-17(14)32-24(21)27-19/h2,4,7,10,16H,1,3,5-6,8-9,11-13H2,(H,26,27,30). The van der Waals surface area contributed by atoms with Crippen molar-refractivity contribution in [1.29, 1.82) is 0 Å². The highest BCUT2D eigenvalue weighted by atomic mass is 32.2. The zero-order valence-electron chi connectivity index (χ0n) is 18.1. The number of likely N-dealkylation sites (tertiary alicyclic amines) is 1. The second-order valence-electron chi connectivity index (χ2n) is 8.66. The summed E-state index contributed by atoms with van der Waals surface area (Å²) in [7, 11) is 0. The number of carbonyl (C=O) groups excluding carboxylic acids is 1. The fourth-order valence-electron chi connectivity index (χ4n) is 4.95. The molecule has 170 valence electrons. The Morgan fingerprint density at radius 3 is 2.94 bits per heavy atom. The normalized spacial score (nSPS) is 18.3. The summed E-state index contributed by atoms with van der Waals surface area (Å²) in [6.45, 7) is 0.780. The SMILES string of the molecule is O=C(CSCc1nc2sc3c(c2c(=O)[nH]1)CCCC3)N1CCCC1c1nc2ccccc2s1. The van der Waals surface area contributed by atoms with Gasteiger partial charge in [0.25, 0.3) is 5.56 Å². The Hall–Kier alpha value is -2.23. The number of hydrogen-bond donors (Lipinski definition) is 1. The van der Waals surface area contributed by atoms with Gasteiger partial charge >= 0.3 is 0 Å². The molecule has 2 aliphatic rings. The van der Waals surface area contributed by atoms with Crippen LogP contribution >= 0.6 is 34.4 Å². The topological polar surface area (TPSA) is 79.0 Å². The number of nitrogens with one attached hydrogen (secondary N) is 1. The second-order valence-corrected chi connectivity index (χ2v) is 11.8. The number of aromatic amines is 1. The largest absolute Gasteiger partial charge is 0.333 e. The van der Waals surface area contributed by atoms with Crippen LogP contribution in [0, 0.1) is 0 Å². The van der Waals surface area contributed by atoms with E-state index in [0.717, 1.165) is 59.4 Å². The molecule has 1 saturated heterocycles. The third-order valence-electron chi connectivity index (χ3n) is 6.51. The number of aromatic nitrogens is 3. The van der Waals surface area contributed by atoms with E-state index in [1.807, 2.05) is 23.1 Å². The number of fused-ring (bicyclic) bond motifs is 4. The number of rotatable bonds is 5. The maximum Gasteiger partial charge on any atom is 0.259 e. The fraction of sp³-hybridized carbons (Fsp3) is 0.417. The van der Waals surface area contributed by atoms with Crippen molar-refractivity contribution < 1.29 is 4.79 Å². The summed E-state index contributed by atoms with van der Waals surface area (Å²) in [5.74, 6) is 1.70. The van der Waals surface area contributed by atoms with Gasteiger partial charge in [-0.2, -0.15) is 0 Å². The van der Waals surface area contributed by atoms with Gasteiger partial charge in [-0.15, -0.1) is 34.4 Å². The molecular weight excluding hydrogens is 472 g/mol. The molecule has 6 nitrogen and oxygen atoms in total. The van der Waals surface area contributed by atoms with Crippen LogP contribution in [0.5, 0.6) is 0 Å². The summed E-state index contributed by atoms with van der Waals surface area (Å²) in [5.41, 5.74) is 2.18. The Labute approximate surface area is 203 Å². The first-order chi connectivity index (χ1) is 16.2. The molecular formula is C24H24N4O2S3. The van der Waals surface area contributed by atoms with Crippen molar-refractivity contribution in [2.45, 2.75) is 50.3 Å². The van der Waals surface area contributed by atoms with Gasteiger partial charge in [0.15, 0.2) is 0 Å². The minimum atomic E-state index is -0.0308. The first-order valence-electron chi connectivity index (χ1n) is 11.4. The van der Waals surface area contributed by atoms with Crippen LogP contribution in [0.2, 0.25) is 0 Å². The third-order valence-corrected chi connectivity index (χ3v) is 9.76. The van der Waals surface area contributed by atoms with E-state index in [1.54, 1.807) is 22.7 Å². The van der Waals surface area contributed by atoms with Gasteiger partial charge in [0.05, 0.1) is 33.2 Å². The van der Waals surface area contributed by atoms with E-state index >= 15 is 0 Å². The van der Waals surface area contributed by atoms with Gasteiger partial charge in [-0.05, 0) is 56.2 Å². The number of aryl methyl sites for hydroxylation is 2. The van der Waals surface area contributed by atoms with E-state index < -0.39 is 0 Å². The molecule has 1 fully saturated rings. The Morgan fingerprint density at radius 2 is 2.03 bits per heavy atom. The summed E-state index contributed by atoms with van der Waals surface area (Å²) >= 11 is 4.88. The highest BCUT2D eigenvalue weighted by molar-refractivity contribution is 7.99. The maximum absolute atomic E-state index is 13.0. The average Bonchev–Trinajstić information content (AvgIpc) is 3.54. The fourth-order valence-corrected chi connectivity index (χ4v) is 8.12. The molecule has 1 aliphatic heterocycles. The lowest BCUT2D eigenvalue weighted by molar-refractivity contribution is -0.129. The number of thioether (sulfide) groups is 1. The summed E-state index contributed by atoms with van der Waals surface area (Å²) in [5, 5.41) is 1.82. The number of nitrogens with zero attached hydrogens (tertiary/aromatic N) is 3. The predicted octanol–water partition coefficient (Wildman–Crippen LogP) is 5.07. The summed E-state index contributed by atoms with van der Waals surface area (Å²) in [4.78, 5) is 42.4. The van der Waals surface area contributed by atoms with Crippen molar-refractivity contribution in [3.05, 3.63) is 55.9 Å². The molecule has 1 amide bonds. The monoisotopic (exact) mass is 496 g/mol. The number of para-hydroxylation sites is 1. The van der Waals surface area contributed by atoms with Crippen molar-refractivity contribution in [1.82, 2.24) is 19.9 Å². The zero-order valence-corrected chi connectivity index (χ0v) is 20.6. The summed E-state index contributed by atoms with van der Waals surface area (Å²) in [6, 6.07) is 8.21. The molecule has 0 radical (unpaired) electrons. The van der Waals surface area contributed by atoms with Crippen molar-refractivity contribution in [3.8, 4) is 0 Å². The van der Waals surface area contributed by atoms with E-state index in [2.05, 4.69) is 11.1 Å². The highest BCUT2D eigenvalue weighted by Crippen LogP contribution is 2.37. The Balaban J connectivity index is 1.13. The lowest BCUT2D eigenvalue weighted by Crippen LogP contribution is -2.32. The molecule has 3 aromatic heterocycles. The minimum absolute atomic E-state index is 0.0308. The second kappa shape index (κ2) is 8.85. The number of amides is 1. The number of carbonyl (C=O) groups is 1. The first-order valence-corrected chi connectivity index (χ1v) is 14.2. The zero-order chi connectivity index (χ0) is 22.4. The first kappa shape index (κ1) is 21.3. The number of thiazole rings is 1. The maximum atomic E-state index is 13.0. The van der Waals surface area contributed by atoms with Crippen LogP contribution in [0.1, 0.15) is 53.0 Å². The van der Waals surface area contributed by atoms with Crippen LogP contribution in [-0.4, -0.2) is 38.1 Å². The molecule has 0 saturated carbocycles. The molecule has 1 N–H and O–H groups in total. The molecule has 0 bridgehead atoms. The van der Waals surface area contributed by atoms with Crippen molar-refractivity contribution in [3.63, 3.8) is 0 Å². The molecule has 9 heteroatoms. The number of hydrogen-bond acceptors (Lipinski definition) is 7. The molecule has 1 unspecified atom stereocenters. The lowest BCUT2D eigenvalue weighted by atomic mass is 9.97. The van der Waals surface area contributed by atoms with Gasteiger partial charge in [0, 0.05) is 11.4 Å². The van der Waals surface area contributed by atoms with Crippen LogP contribution in [0.3, 0.4) is 0 Å². The van der Waals surface area contributed by atoms with Crippen LogP contribution in [-0.2, 0) is 23.4 Å². The molecule has 33 heavy (non-hydrogen) atoms. The molecule has 4 aromatic rings. The molecule has 4 heterocycles. The van der Waals surface area contributed by atoms with Gasteiger partial charge in [0.2, 0.25) is 5.91 Å². The quantitative estimate of drug-likeness (QED) is 0.417. The average molecular weight is 497 g/mol. The Morgan fingerprint density at radius 1 is 1.15 bits per heavy atom. The van der Waals surface area contributed by atoms with E-state index in [9.17, 15) is 9.59 Å². The molecule has 1 aromatic carbocycles. The third kappa shape index (κ3) is 4.00. The lowest BCUT2D eigenvalue weighted by Gasteiger charge is -2.22.